The first-order valence-corrected chi connectivity index (χ1v) is 6.37. The van der Waals surface area contributed by atoms with Crippen molar-refractivity contribution in [2.24, 2.45) is 11.8 Å². The van der Waals surface area contributed by atoms with Gasteiger partial charge in [-0.1, -0.05) is 0 Å². The standard InChI is InChI=1S/C13H20N4/c1-9-10(2)14-8-15-13(9)17-6-11-4-16(3)5-12(11)7-17/h8,11-12H,4-7H2,1-3H3/t11-,12+. The van der Waals surface area contributed by atoms with Gasteiger partial charge in [0.25, 0.3) is 0 Å². The number of likely N-dealkylation sites (tertiary alicyclic amines) is 1. The topological polar surface area (TPSA) is 32.3 Å². The first-order chi connectivity index (χ1) is 8.15. The fraction of sp³-hybridized carbons (Fsp3) is 0.692. The van der Waals surface area contributed by atoms with Gasteiger partial charge in [0.15, 0.2) is 0 Å². The maximum absolute atomic E-state index is 4.47. The molecular formula is C13H20N4. The van der Waals surface area contributed by atoms with Crippen molar-refractivity contribution in [3.63, 3.8) is 0 Å². The van der Waals surface area contributed by atoms with Crippen molar-refractivity contribution < 1.29 is 0 Å². The molecule has 2 saturated heterocycles. The molecule has 3 heterocycles. The van der Waals surface area contributed by atoms with Crippen LogP contribution in [0.3, 0.4) is 0 Å². The zero-order valence-corrected chi connectivity index (χ0v) is 10.8. The van der Waals surface area contributed by atoms with Gasteiger partial charge in [-0.2, -0.15) is 0 Å². The van der Waals surface area contributed by atoms with Crippen LogP contribution in [0, 0.1) is 25.7 Å². The summed E-state index contributed by atoms with van der Waals surface area (Å²) in [5.74, 6) is 2.80. The lowest BCUT2D eigenvalue weighted by atomic mass is 10.0. The summed E-state index contributed by atoms with van der Waals surface area (Å²) in [6, 6.07) is 0. The number of nitrogens with zero attached hydrogens (tertiary/aromatic N) is 4. The Labute approximate surface area is 103 Å². The Morgan fingerprint density at radius 2 is 1.71 bits per heavy atom. The Bertz CT molecular complexity index is 417. The van der Waals surface area contributed by atoms with Crippen molar-refractivity contribution in [2.75, 3.05) is 38.1 Å². The number of anilines is 1. The van der Waals surface area contributed by atoms with Crippen molar-refractivity contribution in [3.05, 3.63) is 17.6 Å². The fourth-order valence-electron chi connectivity index (χ4n) is 3.25. The molecule has 0 unspecified atom stereocenters. The highest BCUT2D eigenvalue weighted by atomic mass is 15.3. The van der Waals surface area contributed by atoms with Gasteiger partial charge in [-0.3, -0.25) is 0 Å². The molecule has 2 fully saturated rings. The zero-order valence-electron chi connectivity index (χ0n) is 10.8. The highest BCUT2D eigenvalue weighted by molar-refractivity contribution is 5.48. The highest BCUT2D eigenvalue weighted by Crippen LogP contribution is 2.33. The smallest absolute Gasteiger partial charge is 0.135 e. The lowest BCUT2D eigenvalue weighted by molar-refractivity contribution is 0.387. The normalized spacial score (nSPS) is 28.8. The van der Waals surface area contributed by atoms with E-state index < -0.39 is 0 Å². The Morgan fingerprint density at radius 1 is 1.06 bits per heavy atom. The van der Waals surface area contributed by atoms with Crippen LogP contribution >= 0.6 is 0 Å². The molecule has 92 valence electrons. The van der Waals surface area contributed by atoms with E-state index >= 15 is 0 Å². The van der Waals surface area contributed by atoms with Crippen molar-refractivity contribution in [1.29, 1.82) is 0 Å². The van der Waals surface area contributed by atoms with E-state index in [1.54, 1.807) is 6.33 Å². The molecule has 3 rings (SSSR count). The molecule has 0 amide bonds. The predicted molar refractivity (Wildman–Crippen MR) is 68.2 cm³/mol. The molecular weight excluding hydrogens is 212 g/mol. The predicted octanol–water partition coefficient (Wildman–Crippen LogP) is 1.09. The molecule has 0 N–H and O–H groups in total. The molecule has 2 aliphatic heterocycles. The van der Waals surface area contributed by atoms with Crippen LogP contribution in [0.5, 0.6) is 0 Å². The van der Waals surface area contributed by atoms with E-state index in [2.05, 4.69) is 40.7 Å². The van der Waals surface area contributed by atoms with Gasteiger partial charge in [-0.25, -0.2) is 9.97 Å². The van der Waals surface area contributed by atoms with Gasteiger partial charge >= 0.3 is 0 Å². The Balaban J connectivity index is 1.82. The van der Waals surface area contributed by atoms with E-state index in [9.17, 15) is 0 Å². The largest absolute Gasteiger partial charge is 0.356 e. The first kappa shape index (κ1) is 11.0. The van der Waals surface area contributed by atoms with Crippen molar-refractivity contribution >= 4 is 5.82 Å². The number of aryl methyl sites for hydroxylation is 1. The lowest BCUT2D eigenvalue weighted by Crippen LogP contribution is -2.28. The fourth-order valence-corrected chi connectivity index (χ4v) is 3.25. The van der Waals surface area contributed by atoms with Crippen LogP contribution in [0.25, 0.3) is 0 Å². The molecule has 2 atom stereocenters. The first-order valence-electron chi connectivity index (χ1n) is 6.37. The minimum atomic E-state index is 0.828. The molecule has 1 aromatic rings. The maximum atomic E-state index is 4.47. The average Bonchev–Trinajstić information content (AvgIpc) is 2.79. The molecule has 0 aromatic carbocycles. The summed E-state index contributed by atoms with van der Waals surface area (Å²) in [6.45, 7) is 8.99. The van der Waals surface area contributed by atoms with Gasteiger partial charge in [0.1, 0.15) is 12.1 Å². The summed E-state index contributed by atoms with van der Waals surface area (Å²) >= 11 is 0. The molecule has 17 heavy (non-hydrogen) atoms. The Kier molecular flexibility index (Phi) is 2.54. The second kappa shape index (κ2) is 3.95. The van der Waals surface area contributed by atoms with Gasteiger partial charge in [-0.05, 0) is 32.7 Å². The van der Waals surface area contributed by atoms with Gasteiger partial charge in [-0.15, -0.1) is 0 Å². The maximum Gasteiger partial charge on any atom is 0.135 e. The van der Waals surface area contributed by atoms with E-state index in [0.29, 0.717) is 0 Å². The lowest BCUT2D eigenvalue weighted by Gasteiger charge is -2.22. The van der Waals surface area contributed by atoms with E-state index in [1.807, 2.05) is 0 Å². The van der Waals surface area contributed by atoms with E-state index in [1.165, 1.54) is 18.7 Å². The van der Waals surface area contributed by atoms with Gasteiger partial charge in [0.2, 0.25) is 0 Å². The Hall–Kier alpha value is -1.16. The number of fused-ring (bicyclic) bond motifs is 1. The van der Waals surface area contributed by atoms with Crippen molar-refractivity contribution in [1.82, 2.24) is 14.9 Å². The average molecular weight is 232 g/mol. The Morgan fingerprint density at radius 3 is 2.35 bits per heavy atom. The second-order valence-electron chi connectivity index (χ2n) is 5.55. The molecule has 0 aliphatic carbocycles. The molecule has 4 heteroatoms. The molecule has 0 saturated carbocycles. The van der Waals surface area contributed by atoms with Crippen LogP contribution in [-0.4, -0.2) is 48.1 Å². The zero-order chi connectivity index (χ0) is 12.0. The van der Waals surface area contributed by atoms with Gasteiger partial charge < -0.3 is 9.80 Å². The minimum Gasteiger partial charge on any atom is -0.356 e. The molecule has 1 aromatic heterocycles. The van der Waals surface area contributed by atoms with Crippen LogP contribution in [-0.2, 0) is 0 Å². The number of rotatable bonds is 1. The highest BCUT2D eigenvalue weighted by Gasteiger charge is 2.39. The number of hydrogen-bond acceptors (Lipinski definition) is 4. The van der Waals surface area contributed by atoms with Crippen molar-refractivity contribution in [2.45, 2.75) is 13.8 Å². The summed E-state index contributed by atoms with van der Waals surface area (Å²) in [6.07, 6.45) is 1.69. The monoisotopic (exact) mass is 232 g/mol. The van der Waals surface area contributed by atoms with Crippen molar-refractivity contribution in [3.8, 4) is 0 Å². The summed E-state index contributed by atoms with van der Waals surface area (Å²) in [4.78, 5) is 13.6. The minimum absolute atomic E-state index is 0.828. The quantitative estimate of drug-likeness (QED) is 0.725. The van der Waals surface area contributed by atoms with Gasteiger partial charge in [0, 0.05) is 37.4 Å². The third-order valence-corrected chi connectivity index (χ3v) is 4.28. The summed E-state index contributed by atoms with van der Waals surface area (Å²) in [7, 11) is 2.22. The number of aromatic nitrogens is 2. The molecule has 4 nitrogen and oxygen atoms in total. The molecule has 0 bridgehead atoms. The third kappa shape index (κ3) is 1.80. The van der Waals surface area contributed by atoms with Crippen LogP contribution in [0.2, 0.25) is 0 Å². The molecule has 2 aliphatic rings. The van der Waals surface area contributed by atoms with E-state index in [4.69, 9.17) is 0 Å². The molecule has 0 spiro atoms. The second-order valence-corrected chi connectivity index (χ2v) is 5.55. The third-order valence-electron chi connectivity index (χ3n) is 4.28. The van der Waals surface area contributed by atoms with Crippen LogP contribution in [0.4, 0.5) is 5.82 Å². The summed E-state index contributed by atoms with van der Waals surface area (Å²) in [5, 5.41) is 0. The SMILES string of the molecule is Cc1ncnc(N2C[C@H]3CN(C)C[C@H]3C2)c1C. The van der Waals surface area contributed by atoms with E-state index in [0.717, 1.165) is 36.4 Å². The van der Waals surface area contributed by atoms with Crippen LogP contribution in [0.1, 0.15) is 11.3 Å². The van der Waals surface area contributed by atoms with Crippen LogP contribution < -0.4 is 4.90 Å². The summed E-state index contributed by atoms with van der Waals surface area (Å²) < 4.78 is 0. The van der Waals surface area contributed by atoms with E-state index in [-0.39, 0.29) is 0 Å². The van der Waals surface area contributed by atoms with Crippen LogP contribution in [0.15, 0.2) is 6.33 Å². The van der Waals surface area contributed by atoms with Gasteiger partial charge in [0.05, 0.1) is 0 Å². The summed E-state index contributed by atoms with van der Waals surface area (Å²) in [5.41, 5.74) is 2.34. The molecule has 0 radical (unpaired) electrons. The number of hydrogen-bond donors (Lipinski definition) is 0.